The normalized spacial score (nSPS) is 10.8. The van der Waals surface area contributed by atoms with Crippen LogP contribution in [0.15, 0.2) is 48.5 Å². The van der Waals surface area contributed by atoms with Gasteiger partial charge in [0.1, 0.15) is 5.01 Å². The predicted octanol–water partition coefficient (Wildman–Crippen LogP) is 4.45. The SMILES string of the molecule is CCN(CC)C(=O)c1ccc(-c2nc3ccccc3s2)cc1. The molecule has 1 aromatic heterocycles. The number of thiazole rings is 1. The first-order chi connectivity index (χ1) is 10.7. The standard InChI is InChI=1S/C18H18N2OS/c1-3-20(4-2)18(21)14-11-9-13(10-12-14)17-19-15-7-5-6-8-16(15)22-17/h5-12H,3-4H2,1-2H3. The van der Waals surface area contributed by atoms with E-state index in [-0.39, 0.29) is 5.91 Å². The molecule has 3 rings (SSSR count). The van der Waals surface area contributed by atoms with Crippen molar-refractivity contribution in [1.29, 1.82) is 0 Å². The van der Waals surface area contributed by atoms with Gasteiger partial charge < -0.3 is 4.90 Å². The summed E-state index contributed by atoms with van der Waals surface area (Å²) >= 11 is 1.67. The number of aromatic nitrogens is 1. The van der Waals surface area contributed by atoms with Crippen LogP contribution in [0.5, 0.6) is 0 Å². The van der Waals surface area contributed by atoms with E-state index in [1.807, 2.05) is 61.2 Å². The molecule has 0 bridgehead atoms. The molecule has 0 fully saturated rings. The van der Waals surface area contributed by atoms with Gasteiger partial charge >= 0.3 is 0 Å². The van der Waals surface area contributed by atoms with Crippen molar-refractivity contribution in [2.45, 2.75) is 13.8 Å². The largest absolute Gasteiger partial charge is 0.339 e. The van der Waals surface area contributed by atoms with E-state index in [4.69, 9.17) is 0 Å². The number of rotatable bonds is 4. The summed E-state index contributed by atoms with van der Waals surface area (Å²) < 4.78 is 1.18. The van der Waals surface area contributed by atoms with Crippen LogP contribution in [-0.4, -0.2) is 28.9 Å². The van der Waals surface area contributed by atoms with Gasteiger partial charge in [-0.2, -0.15) is 0 Å². The molecule has 0 aliphatic rings. The van der Waals surface area contributed by atoms with Crippen molar-refractivity contribution in [3.8, 4) is 10.6 Å². The average molecular weight is 310 g/mol. The number of para-hydroxylation sites is 1. The zero-order chi connectivity index (χ0) is 15.5. The molecule has 0 aliphatic heterocycles. The molecule has 0 spiro atoms. The lowest BCUT2D eigenvalue weighted by Crippen LogP contribution is -2.30. The third kappa shape index (κ3) is 2.74. The first-order valence-corrected chi connectivity index (χ1v) is 8.30. The smallest absolute Gasteiger partial charge is 0.253 e. The van der Waals surface area contributed by atoms with E-state index in [9.17, 15) is 4.79 Å². The summed E-state index contributed by atoms with van der Waals surface area (Å²) in [5.74, 6) is 0.0841. The van der Waals surface area contributed by atoms with Crippen molar-refractivity contribution in [2.75, 3.05) is 13.1 Å². The van der Waals surface area contributed by atoms with Gasteiger partial charge in [0.2, 0.25) is 0 Å². The van der Waals surface area contributed by atoms with Gasteiger partial charge in [0.05, 0.1) is 10.2 Å². The summed E-state index contributed by atoms with van der Waals surface area (Å²) in [6, 6.07) is 15.9. The van der Waals surface area contributed by atoms with Crippen LogP contribution in [0.2, 0.25) is 0 Å². The lowest BCUT2D eigenvalue weighted by Gasteiger charge is -2.18. The number of nitrogens with zero attached hydrogens (tertiary/aromatic N) is 2. The van der Waals surface area contributed by atoms with Crippen LogP contribution >= 0.6 is 11.3 Å². The zero-order valence-electron chi connectivity index (χ0n) is 12.7. The number of amides is 1. The molecule has 3 nitrogen and oxygen atoms in total. The molecule has 0 unspecified atom stereocenters. The Bertz CT molecular complexity index is 755. The fraction of sp³-hybridized carbons (Fsp3) is 0.222. The zero-order valence-corrected chi connectivity index (χ0v) is 13.6. The van der Waals surface area contributed by atoms with Gasteiger partial charge in [-0.1, -0.05) is 24.3 Å². The number of carbonyl (C=O) groups excluding carboxylic acids is 1. The van der Waals surface area contributed by atoms with Gasteiger partial charge in [-0.05, 0) is 38.1 Å². The molecular formula is C18H18N2OS. The Morgan fingerprint density at radius 3 is 2.36 bits per heavy atom. The molecule has 4 heteroatoms. The highest BCUT2D eigenvalue weighted by atomic mass is 32.1. The van der Waals surface area contributed by atoms with Crippen molar-refractivity contribution in [3.63, 3.8) is 0 Å². The van der Waals surface area contributed by atoms with Crippen LogP contribution in [0.4, 0.5) is 0 Å². The molecule has 0 atom stereocenters. The van der Waals surface area contributed by atoms with Crippen LogP contribution in [0, 0.1) is 0 Å². The van der Waals surface area contributed by atoms with Crippen LogP contribution in [0.25, 0.3) is 20.8 Å². The summed E-state index contributed by atoms with van der Waals surface area (Å²) in [5.41, 5.74) is 2.80. The molecular weight excluding hydrogens is 292 g/mol. The maximum Gasteiger partial charge on any atom is 0.253 e. The first-order valence-electron chi connectivity index (χ1n) is 7.48. The lowest BCUT2D eigenvalue weighted by molar-refractivity contribution is 0.0773. The Kier molecular flexibility index (Phi) is 4.20. The van der Waals surface area contributed by atoms with E-state index in [0.717, 1.165) is 34.7 Å². The lowest BCUT2D eigenvalue weighted by atomic mass is 10.1. The average Bonchev–Trinajstić information content (AvgIpc) is 3.00. The second-order valence-electron chi connectivity index (χ2n) is 5.04. The highest BCUT2D eigenvalue weighted by Gasteiger charge is 2.13. The Balaban J connectivity index is 1.89. The third-order valence-corrected chi connectivity index (χ3v) is 4.81. The second-order valence-corrected chi connectivity index (χ2v) is 6.07. The number of benzene rings is 2. The van der Waals surface area contributed by atoms with E-state index in [0.29, 0.717) is 0 Å². The van der Waals surface area contributed by atoms with E-state index < -0.39 is 0 Å². The molecule has 0 saturated heterocycles. The topological polar surface area (TPSA) is 33.2 Å². The van der Waals surface area contributed by atoms with E-state index in [1.54, 1.807) is 11.3 Å². The Morgan fingerprint density at radius 1 is 1.05 bits per heavy atom. The van der Waals surface area contributed by atoms with E-state index in [2.05, 4.69) is 11.1 Å². The molecule has 0 aliphatic carbocycles. The predicted molar refractivity (Wildman–Crippen MR) is 92.3 cm³/mol. The third-order valence-electron chi connectivity index (χ3n) is 3.72. The fourth-order valence-electron chi connectivity index (χ4n) is 2.44. The molecule has 22 heavy (non-hydrogen) atoms. The minimum Gasteiger partial charge on any atom is -0.339 e. The quantitative estimate of drug-likeness (QED) is 0.713. The summed E-state index contributed by atoms with van der Waals surface area (Å²) in [4.78, 5) is 18.8. The van der Waals surface area contributed by atoms with Gasteiger partial charge in [0.15, 0.2) is 0 Å². The van der Waals surface area contributed by atoms with Crippen LogP contribution in [-0.2, 0) is 0 Å². The van der Waals surface area contributed by atoms with Crippen LogP contribution in [0.3, 0.4) is 0 Å². The van der Waals surface area contributed by atoms with Crippen molar-refractivity contribution >= 4 is 27.5 Å². The van der Waals surface area contributed by atoms with Crippen molar-refractivity contribution in [2.24, 2.45) is 0 Å². The van der Waals surface area contributed by atoms with Gasteiger partial charge in [-0.25, -0.2) is 4.98 Å². The number of fused-ring (bicyclic) bond motifs is 1. The Hall–Kier alpha value is -2.20. The van der Waals surface area contributed by atoms with Gasteiger partial charge in [0.25, 0.3) is 5.91 Å². The molecule has 3 aromatic rings. The highest BCUT2D eigenvalue weighted by Crippen LogP contribution is 2.30. The monoisotopic (exact) mass is 310 g/mol. The molecule has 1 heterocycles. The highest BCUT2D eigenvalue weighted by molar-refractivity contribution is 7.21. The summed E-state index contributed by atoms with van der Waals surface area (Å²) in [6.45, 7) is 5.46. The minimum atomic E-state index is 0.0841. The minimum absolute atomic E-state index is 0.0841. The van der Waals surface area contributed by atoms with Gasteiger partial charge in [0, 0.05) is 24.2 Å². The van der Waals surface area contributed by atoms with Gasteiger partial charge in [-0.3, -0.25) is 4.79 Å². The Labute approximate surface area is 134 Å². The Morgan fingerprint density at radius 2 is 1.73 bits per heavy atom. The number of hydrogen-bond donors (Lipinski definition) is 0. The van der Waals surface area contributed by atoms with Crippen LogP contribution in [0.1, 0.15) is 24.2 Å². The first kappa shape index (κ1) is 14.7. The molecule has 112 valence electrons. The van der Waals surface area contributed by atoms with Crippen LogP contribution < -0.4 is 0 Å². The maximum absolute atomic E-state index is 12.3. The van der Waals surface area contributed by atoms with E-state index in [1.165, 1.54) is 4.70 Å². The van der Waals surface area contributed by atoms with Crippen molar-refractivity contribution in [3.05, 3.63) is 54.1 Å². The molecule has 2 aromatic carbocycles. The van der Waals surface area contributed by atoms with E-state index >= 15 is 0 Å². The molecule has 0 N–H and O–H groups in total. The molecule has 0 saturated carbocycles. The number of hydrogen-bond acceptors (Lipinski definition) is 3. The van der Waals surface area contributed by atoms with Gasteiger partial charge in [-0.15, -0.1) is 11.3 Å². The van der Waals surface area contributed by atoms with Crippen molar-refractivity contribution in [1.82, 2.24) is 9.88 Å². The summed E-state index contributed by atoms with van der Waals surface area (Å²) in [5, 5.41) is 0.989. The fourth-order valence-corrected chi connectivity index (χ4v) is 3.42. The summed E-state index contributed by atoms with van der Waals surface area (Å²) in [7, 11) is 0. The molecule has 1 amide bonds. The molecule has 0 radical (unpaired) electrons. The summed E-state index contributed by atoms with van der Waals surface area (Å²) in [6.07, 6.45) is 0. The number of carbonyl (C=O) groups is 1. The van der Waals surface area contributed by atoms with Crippen molar-refractivity contribution < 1.29 is 4.79 Å². The maximum atomic E-state index is 12.3. The second kappa shape index (κ2) is 6.28.